The summed E-state index contributed by atoms with van der Waals surface area (Å²) in [7, 11) is 0. The molecule has 2 aromatic heterocycles. The number of hydrogen-bond acceptors (Lipinski definition) is 4. The summed E-state index contributed by atoms with van der Waals surface area (Å²) in [5.41, 5.74) is 4.32. The Hall–Kier alpha value is -3.21. The zero-order chi connectivity index (χ0) is 18.5. The van der Waals surface area contributed by atoms with E-state index in [-0.39, 0.29) is 5.91 Å². The molecule has 0 bridgehead atoms. The summed E-state index contributed by atoms with van der Waals surface area (Å²) in [6.45, 7) is 2.35. The first-order chi connectivity index (χ1) is 13.3. The molecule has 0 radical (unpaired) electrons. The largest absolute Gasteiger partial charge is 0.352 e. The quantitative estimate of drug-likeness (QED) is 0.687. The number of rotatable bonds is 6. The van der Waals surface area contributed by atoms with Crippen LogP contribution in [0.1, 0.15) is 33.6 Å². The van der Waals surface area contributed by atoms with Crippen molar-refractivity contribution in [2.75, 3.05) is 11.4 Å². The Labute approximate surface area is 159 Å². The van der Waals surface area contributed by atoms with E-state index in [1.54, 1.807) is 12.4 Å². The number of aromatic nitrogens is 2. The highest BCUT2D eigenvalue weighted by atomic mass is 16.1. The molecule has 0 fully saturated rings. The summed E-state index contributed by atoms with van der Waals surface area (Å²) in [5, 5.41) is 2.95. The predicted molar refractivity (Wildman–Crippen MR) is 105 cm³/mol. The van der Waals surface area contributed by atoms with Gasteiger partial charge in [0.2, 0.25) is 0 Å². The van der Waals surface area contributed by atoms with Crippen molar-refractivity contribution in [3.8, 4) is 0 Å². The molecule has 5 nitrogen and oxygen atoms in total. The lowest BCUT2D eigenvalue weighted by molar-refractivity contribution is 0.0953. The Morgan fingerprint density at radius 1 is 0.963 bits per heavy atom. The second-order valence-corrected chi connectivity index (χ2v) is 6.71. The van der Waals surface area contributed by atoms with Crippen LogP contribution < -0.4 is 10.2 Å². The smallest absolute Gasteiger partial charge is 0.252 e. The van der Waals surface area contributed by atoms with Gasteiger partial charge in [0.15, 0.2) is 0 Å². The highest BCUT2D eigenvalue weighted by Crippen LogP contribution is 2.26. The molecule has 3 heterocycles. The minimum absolute atomic E-state index is 0.0835. The number of pyridine rings is 2. The van der Waals surface area contributed by atoms with Crippen molar-refractivity contribution in [2.24, 2.45) is 0 Å². The number of hydrogen-bond donors (Lipinski definition) is 1. The van der Waals surface area contributed by atoms with Crippen molar-refractivity contribution in [2.45, 2.75) is 25.9 Å². The molecular weight excluding hydrogens is 336 g/mol. The molecular formula is C22H22N4O. The number of nitrogens with zero attached hydrogens (tertiary/aromatic N) is 3. The molecule has 1 aromatic carbocycles. The average molecular weight is 358 g/mol. The van der Waals surface area contributed by atoms with Gasteiger partial charge in [-0.1, -0.05) is 30.3 Å². The lowest BCUT2D eigenvalue weighted by Crippen LogP contribution is -2.25. The monoisotopic (exact) mass is 358 g/mol. The van der Waals surface area contributed by atoms with Gasteiger partial charge in [0.1, 0.15) is 5.82 Å². The molecule has 0 saturated carbocycles. The Bertz CT molecular complexity index is 884. The Kier molecular flexibility index (Phi) is 5.10. The van der Waals surface area contributed by atoms with Crippen LogP contribution in [-0.2, 0) is 19.5 Å². The number of amides is 1. The number of fused-ring (bicyclic) bond motifs is 1. The summed E-state index contributed by atoms with van der Waals surface area (Å²) in [5.74, 6) is 0.817. The first kappa shape index (κ1) is 17.2. The molecule has 27 heavy (non-hydrogen) atoms. The molecule has 1 amide bonds. The van der Waals surface area contributed by atoms with Crippen LogP contribution >= 0.6 is 0 Å². The molecule has 4 rings (SSSR count). The van der Waals surface area contributed by atoms with Crippen molar-refractivity contribution in [1.82, 2.24) is 15.3 Å². The van der Waals surface area contributed by atoms with Crippen LogP contribution in [0.25, 0.3) is 0 Å². The third-order valence-electron chi connectivity index (χ3n) is 4.80. The van der Waals surface area contributed by atoms with Crippen LogP contribution in [0, 0.1) is 0 Å². The number of nitrogens with one attached hydrogen (secondary N) is 1. The van der Waals surface area contributed by atoms with Gasteiger partial charge >= 0.3 is 0 Å². The van der Waals surface area contributed by atoms with Crippen molar-refractivity contribution < 1.29 is 4.79 Å². The number of carbonyl (C=O) groups excluding carboxylic acids is 1. The number of carbonyl (C=O) groups is 1. The Morgan fingerprint density at radius 3 is 2.41 bits per heavy atom. The van der Waals surface area contributed by atoms with Gasteiger partial charge in [0.05, 0.1) is 5.56 Å². The molecule has 1 aliphatic rings. The number of aryl methyl sites for hydroxylation is 1. The van der Waals surface area contributed by atoms with E-state index in [2.05, 4.69) is 44.5 Å². The third kappa shape index (κ3) is 4.14. The first-order valence-electron chi connectivity index (χ1n) is 9.25. The molecule has 0 spiro atoms. The lowest BCUT2D eigenvalue weighted by atomic mass is 10.1. The summed E-state index contributed by atoms with van der Waals surface area (Å²) >= 11 is 0. The summed E-state index contributed by atoms with van der Waals surface area (Å²) in [6.07, 6.45) is 5.17. The molecule has 0 unspecified atom stereocenters. The maximum absolute atomic E-state index is 12.3. The van der Waals surface area contributed by atoms with Crippen molar-refractivity contribution in [1.29, 1.82) is 0 Å². The molecule has 0 aliphatic carbocycles. The zero-order valence-electron chi connectivity index (χ0n) is 15.1. The summed E-state index contributed by atoms with van der Waals surface area (Å²) in [4.78, 5) is 23.3. The van der Waals surface area contributed by atoms with E-state index in [4.69, 9.17) is 0 Å². The van der Waals surface area contributed by atoms with Gasteiger partial charge in [-0.2, -0.15) is 0 Å². The van der Waals surface area contributed by atoms with Gasteiger partial charge in [-0.3, -0.25) is 9.78 Å². The molecule has 136 valence electrons. The van der Waals surface area contributed by atoms with Crippen LogP contribution in [0.5, 0.6) is 0 Å². The normalized spacial score (nSPS) is 12.7. The van der Waals surface area contributed by atoms with Gasteiger partial charge in [-0.15, -0.1) is 0 Å². The maximum Gasteiger partial charge on any atom is 0.252 e. The zero-order valence-corrected chi connectivity index (χ0v) is 15.1. The first-order valence-corrected chi connectivity index (χ1v) is 9.25. The van der Waals surface area contributed by atoms with Crippen LogP contribution in [0.4, 0.5) is 5.82 Å². The van der Waals surface area contributed by atoms with Gasteiger partial charge in [0, 0.05) is 37.7 Å². The lowest BCUT2D eigenvalue weighted by Gasteiger charge is -2.16. The standard InChI is InChI=1S/C22H22N4O/c27-22(24-13-5-9-20-8-3-4-12-23-20)17-10-11-21(25-14-17)26-15-18-6-1-2-7-19(18)16-26/h1-4,6-8,10-12,14H,5,9,13,15-16H2,(H,24,27). The average Bonchev–Trinajstić information content (AvgIpc) is 3.16. The molecule has 0 saturated heterocycles. The summed E-state index contributed by atoms with van der Waals surface area (Å²) in [6, 6.07) is 18.1. The van der Waals surface area contributed by atoms with Crippen LogP contribution in [0.2, 0.25) is 0 Å². The van der Waals surface area contributed by atoms with Crippen LogP contribution in [0.3, 0.4) is 0 Å². The topological polar surface area (TPSA) is 58.1 Å². The van der Waals surface area contributed by atoms with E-state index in [1.165, 1.54) is 11.1 Å². The van der Waals surface area contributed by atoms with Crippen LogP contribution in [-0.4, -0.2) is 22.4 Å². The SMILES string of the molecule is O=C(NCCCc1ccccn1)c1ccc(N2Cc3ccccc3C2)nc1. The van der Waals surface area contributed by atoms with Crippen molar-refractivity contribution >= 4 is 11.7 Å². The molecule has 0 atom stereocenters. The minimum atomic E-state index is -0.0835. The van der Waals surface area contributed by atoms with E-state index in [1.807, 2.05) is 30.3 Å². The van der Waals surface area contributed by atoms with E-state index in [0.717, 1.165) is 37.4 Å². The highest BCUT2D eigenvalue weighted by molar-refractivity contribution is 5.94. The Balaban J connectivity index is 1.28. The molecule has 5 heteroatoms. The fourth-order valence-electron chi connectivity index (χ4n) is 3.32. The number of benzene rings is 1. The van der Waals surface area contributed by atoms with E-state index in [0.29, 0.717) is 12.1 Å². The third-order valence-corrected chi connectivity index (χ3v) is 4.80. The highest BCUT2D eigenvalue weighted by Gasteiger charge is 2.19. The van der Waals surface area contributed by atoms with Crippen molar-refractivity contribution in [3.63, 3.8) is 0 Å². The van der Waals surface area contributed by atoms with Gasteiger partial charge in [-0.25, -0.2) is 4.98 Å². The molecule has 1 N–H and O–H groups in total. The Morgan fingerprint density at radius 2 is 1.74 bits per heavy atom. The molecule has 3 aromatic rings. The molecule has 1 aliphatic heterocycles. The predicted octanol–water partition coefficient (Wildman–Crippen LogP) is 3.36. The minimum Gasteiger partial charge on any atom is -0.352 e. The number of anilines is 1. The van der Waals surface area contributed by atoms with Crippen LogP contribution in [0.15, 0.2) is 67.0 Å². The van der Waals surface area contributed by atoms with E-state index in [9.17, 15) is 4.79 Å². The van der Waals surface area contributed by atoms with Gasteiger partial charge in [-0.05, 0) is 48.2 Å². The van der Waals surface area contributed by atoms with Gasteiger partial charge < -0.3 is 10.2 Å². The van der Waals surface area contributed by atoms with Crippen molar-refractivity contribution in [3.05, 3.63) is 89.4 Å². The van der Waals surface area contributed by atoms with E-state index >= 15 is 0 Å². The maximum atomic E-state index is 12.3. The van der Waals surface area contributed by atoms with E-state index < -0.39 is 0 Å². The second kappa shape index (κ2) is 7.99. The fraction of sp³-hybridized carbons (Fsp3) is 0.227. The van der Waals surface area contributed by atoms with Gasteiger partial charge in [0.25, 0.3) is 5.91 Å². The second-order valence-electron chi connectivity index (χ2n) is 6.71. The fourth-order valence-corrected chi connectivity index (χ4v) is 3.32. The summed E-state index contributed by atoms with van der Waals surface area (Å²) < 4.78 is 0.